The van der Waals surface area contributed by atoms with Gasteiger partial charge in [0.2, 0.25) is 5.91 Å². The molecule has 16 heavy (non-hydrogen) atoms. The van der Waals surface area contributed by atoms with E-state index in [2.05, 4.69) is 5.32 Å². The summed E-state index contributed by atoms with van der Waals surface area (Å²) in [7, 11) is 0. The van der Waals surface area contributed by atoms with Gasteiger partial charge in [0, 0.05) is 12.3 Å². The monoisotopic (exact) mass is 219 g/mol. The molecule has 1 saturated heterocycles. The Bertz CT molecular complexity index is 346. The van der Waals surface area contributed by atoms with Gasteiger partial charge in [0.15, 0.2) is 0 Å². The predicted octanol–water partition coefficient (Wildman–Crippen LogP) is 1.90. The molecule has 1 aromatic rings. The topological polar surface area (TPSA) is 38.3 Å². The van der Waals surface area contributed by atoms with Crippen LogP contribution in [-0.2, 0) is 9.53 Å². The Balaban J connectivity index is 1.82. The van der Waals surface area contributed by atoms with Gasteiger partial charge in [-0.05, 0) is 12.5 Å². The number of carbonyl (C=O) groups is 1. The van der Waals surface area contributed by atoms with E-state index in [1.807, 2.05) is 37.3 Å². The smallest absolute Gasteiger partial charge is 0.220 e. The standard InChI is InChI=1S/C13H17NO2/c1-10(12-5-3-2-4-6-12)14-13(15)7-11-8-16-9-11/h2-6,10-11H,7-9H2,1H3,(H,14,15). The number of carbonyl (C=O) groups excluding carboxylic acids is 1. The summed E-state index contributed by atoms with van der Waals surface area (Å²) in [6, 6.07) is 10.1. The Morgan fingerprint density at radius 3 is 2.69 bits per heavy atom. The van der Waals surface area contributed by atoms with Gasteiger partial charge in [0.25, 0.3) is 0 Å². The fourth-order valence-electron chi connectivity index (χ4n) is 1.79. The van der Waals surface area contributed by atoms with Crippen LogP contribution < -0.4 is 5.32 Å². The molecule has 1 aliphatic rings. The first kappa shape index (κ1) is 11.1. The molecule has 1 amide bonds. The van der Waals surface area contributed by atoms with Crippen LogP contribution in [-0.4, -0.2) is 19.1 Å². The van der Waals surface area contributed by atoms with Gasteiger partial charge >= 0.3 is 0 Å². The van der Waals surface area contributed by atoms with E-state index in [9.17, 15) is 4.79 Å². The molecule has 0 aliphatic carbocycles. The summed E-state index contributed by atoms with van der Waals surface area (Å²) in [6.07, 6.45) is 0.581. The summed E-state index contributed by atoms with van der Waals surface area (Å²) in [5.74, 6) is 0.535. The van der Waals surface area contributed by atoms with Gasteiger partial charge in [-0.1, -0.05) is 30.3 Å². The van der Waals surface area contributed by atoms with Crippen molar-refractivity contribution < 1.29 is 9.53 Å². The molecule has 0 aromatic heterocycles. The number of hydrogen-bond acceptors (Lipinski definition) is 2. The Morgan fingerprint density at radius 2 is 2.12 bits per heavy atom. The molecule has 0 saturated carbocycles. The third-order valence-electron chi connectivity index (χ3n) is 2.86. The maximum Gasteiger partial charge on any atom is 0.220 e. The van der Waals surface area contributed by atoms with Crippen molar-refractivity contribution in [3.05, 3.63) is 35.9 Å². The third kappa shape index (κ3) is 2.83. The number of rotatable bonds is 4. The maximum atomic E-state index is 11.7. The first-order valence-corrected chi connectivity index (χ1v) is 5.68. The van der Waals surface area contributed by atoms with Gasteiger partial charge in [-0.25, -0.2) is 0 Å². The van der Waals surface area contributed by atoms with E-state index >= 15 is 0 Å². The zero-order valence-electron chi connectivity index (χ0n) is 9.48. The Hall–Kier alpha value is -1.35. The molecule has 1 heterocycles. The summed E-state index contributed by atoms with van der Waals surface area (Å²) in [5, 5.41) is 3.00. The van der Waals surface area contributed by atoms with Crippen LogP contribution in [0.3, 0.4) is 0 Å². The van der Waals surface area contributed by atoms with Crippen molar-refractivity contribution in [2.75, 3.05) is 13.2 Å². The van der Waals surface area contributed by atoms with Crippen molar-refractivity contribution in [1.29, 1.82) is 0 Å². The van der Waals surface area contributed by atoms with Gasteiger partial charge in [-0.2, -0.15) is 0 Å². The minimum atomic E-state index is 0.0784. The van der Waals surface area contributed by atoms with E-state index in [0.717, 1.165) is 18.8 Å². The molecule has 2 rings (SSSR count). The molecule has 1 aliphatic heterocycles. The van der Waals surface area contributed by atoms with Gasteiger partial charge in [0.05, 0.1) is 19.3 Å². The molecule has 0 spiro atoms. The van der Waals surface area contributed by atoms with E-state index in [-0.39, 0.29) is 11.9 Å². The van der Waals surface area contributed by atoms with Crippen molar-refractivity contribution in [3.8, 4) is 0 Å². The van der Waals surface area contributed by atoms with Crippen LogP contribution in [0.5, 0.6) is 0 Å². The van der Waals surface area contributed by atoms with Gasteiger partial charge in [-0.3, -0.25) is 4.79 Å². The average Bonchev–Trinajstić information content (AvgIpc) is 2.25. The summed E-state index contributed by atoms with van der Waals surface area (Å²) in [4.78, 5) is 11.7. The first-order valence-electron chi connectivity index (χ1n) is 5.68. The van der Waals surface area contributed by atoms with Crippen molar-refractivity contribution in [3.63, 3.8) is 0 Å². The molecule has 0 radical (unpaired) electrons. The molecule has 1 unspecified atom stereocenters. The van der Waals surface area contributed by atoms with Gasteiger partial charge in [0.1, 0.15) is 0 Å². The van der Waals surface area contributed by atoms with E-state index in [1.165, 1.54) is 0 Å². The molecular formula is C13H17NO2. The fourth-order valence-corrected chi connectivity index (χ4v) is 1.79. The number of nitrogens with one attached hydrogen (secondary N) is 1. The first-order chi connectivity index (χ1) is 7.75. The van der Waals surface area contributed by atoms with Crippen LogP contribution in [0.1, 0.15) is 24.9 Å². The summed E-state index contributed by atoms with van der Waals surface area (Å²) in [5.41, 5.74) is 1.14. The molecule has 1 aromatic carbocycles. The minimum Gasteiger partial charge on any atom is -0.381 e. The molecule has 86 valence electrons. The maximum absolute atomic E-state index is 11.7. The fraction of sp³-hybridized carbons (Fsp3) is 0.462. The van der Waals surface area contributed by atoms with E-state index in [1.54, 1.807) is 0 Å². The van der Waals surface area contributed by atoms with Crippen LogP contribution in [0.15, 0.2) is 30.3 Å². The second kappa shape index (κ2) is 5.12. The normalized spacial score (nSPS) is 17.6. The number of amides is 1. The Kier molecular flexibility index (Phi) is 3.57. The summed E-state index contributed by atoms with van der Waals surface area (Å²) in [6.45, 7) is 3.46. The van der Waals surface area contributed by atoms with Crippen molar-refractivity contribution in [2.24, 2.45) is 5.92 Å². The van der Waals surface area contributed by atoms with Gasteiger partial charge in [-0.15, -0.1) is 0 Å². The van der Waals surface area contributed by atoms with Crippen molar-refractivity contribution in [1.82, 2.24) is 5.32 Å². The molecule has 1 atom stereocenters. The SMILES string of the molecule is CC(NC(=O)CC1COC1)c1ccccc1. The highest BCUT2D eigenvalue weighted by molar-refractivity contribution is 5.76. The van der Waals surface area contributed by atoms with E-state index < -0.39 is 0 Å². The molecule has 3 nitrogen and oxygen atoms in total. The molecular weight excluding hydrogens is 202 g/mol. The Labute approximate surface area is 95.8 Å². The summed E-state index contributed by atoms with van der Waals surface area (Å²) < 4.78 is 5.05. The van der Waals surface area contributed by atoms with Crippen LogP contribution in [0, 0.1) is 5.92 Å². The highest BCUT2D eigenvalue weighted by Crippen LogP contribution is 2.16. The molecule has 0 bridgehead atoms. The number of benzene rings is 1. The zero-order valence-corrected chi connectivity index (χ0v) is 9.48. The molecule has 1 N–H and O–H groups in total. The third-order valence-corrected chi connectivity index (χ3v) is 2.86. The quantitative estimate of drug-likeness (QED) is 0.840. The highest BCUT2D eigenvalue weighted by atomic mass is 16.5. The second-order valence-electron chi connectivity index (χ2n) is 4.31. The van der Waals surface area contributed by atoms with Crippen LogP contribution >= 0.6 is 0 Å². The predicted molar refractivity (Wildman–Crippen MR) is 61.9 cm³/mol. The number of ether oxygens (including phenoxy) is 1. The van der Waals surface area contributed by atoms with E-state index in [4.69, 9.17) is 4.74 Å². The van der Waals surface area contributed by atoms with Crippen LogP contribution in [0.25, 0.3) is 0 Å². The summed E-state index contributed by atoms with van der Waals surface area (Å²) >= 11 is 0. The zero-order chi connectivity index (χ0) is 11.4. The average molecular weight is 219 g/mol. The lowest BCUT2D eigenvalue weighted by Crippen LogP contribution is -2.35. The highest BCUT2D eigenvalue weighted by Gasteiger charge is 2.22. The van der Waals surface area contributed by atoms with E-state index in [0.29, 0.717) is 12.3 Å². The van der Waals surface area contributed by atoms with Crippen molar-refractivity contribution in [2.45, 2.75) is 19.4 Å². The Morgan fingerprint density at radius 1 is 1.44 bits per heavy atom. The molecule has 3 heteroatoms. The lowest BCUT2D eigenvalue weighted by Gasteiger charge is -2.26. The minimum absolute atomic E-state index is 0.0784. The lowest BCUT2D eigenvalue weighted by molar-refractivity contribution is -0.127. The van der Waals surface area contributed by atoms with Gasteiger partial charge < -0.3 is 10.1 Å². The second-order valence-corrected chi connectivity index (χ2v) is 4.31. The number of hydrogen-bond donors (Lipinski definition) is 1. The van der Waals surface area contributed by atoms with Crippen LogP contribution in [0.2, 0.25) is 0 Å². The van der Waals surface area contributed by atoms with Crippen LogP contribution in [0.4, 0.5) is 0 Å². The van der Waals surface area contributed by atoms with Crippen molar-refractivity contribution >= 4 is 5.91 Å². The lowest BCUT2D eigenvalue weighted by atomic mass is 10.0. The largest absolute Gasteiger partial charge is 0.381 e. The molecule has 1 fully saturated rings.